The molecule has 4 rings (SSSR count). The van der Waals surface area contributed by atoms with Crippen molar-refractivity contribution in [1.29, 1.82) is 0 Å². The van der Waals surface area contributed by atoms with Crippen LogP contribution < -0.4 is 5.32 Å². The number of benzene rings is 1. The van der Waals surface area contributed by atoms with Crippen LogP contribution in [0, 0.1) is 0 Å². The molecular weight excluding hydrogens is 364 g/mol. The summed E-state index contributed by atoms with van der Waals surface area (Å²) in [5.74, 6) is 2.70. The van der Waals surface area contributed by atoms with E-state index in [0.29, 0.717) is 5.92 Å². The summed E-state index contributed by atoms with van der Waals surface area (Å²) in [6, 6.07) is 8.82. The highest BCUT2D eigenvalue weighted by atomic mass is 79.9. The summed E-state index contributed by atoms with van der Waals surface area (Å²) in [6.45, 7) is 0.784. The molecule has 2 fully saturated rings. The fraction of sp³-hybridized carbons (Fsp3) is 0.579. The number of aromatic nitrogens is 3. The molecule has 1 N–H and O–H groups in total. The highest BCUT2D eigenvalue weighted by molar-refractivity contribution is 9.10. The predicted molar refractivity (Wildman–Crippen MR) is 98.7 cm³/mol. The molecule has 0 amide bonds. The van der Waals surface area contributed by atoms with Crippen molar-refractivity contribution in [2.75, 3.05) is 0 Å². The Balaban J connectivity index is 1.54. The molecule has 2 aromatic rings. The van der Waals surface area contributed by atoms with Gasteiger partial charge < -0.3 is 5.32 Å². The molecular formula is C19H25BrN4. The Kier molecular flexibility index (Phi) is 4.48. The third-order valence-electron chi connectivity index (χ3n) is 5.50. The van der Waals surface area contributed by atoms with Crippen molar-refractivity contribution < 1.29 is 0 Å². The predicted octanol–water partition coefficient (Wildman–Crippen LogP) is 4.40. The first kappa shape index (κ1) is 16.3. The number of nitrogens with one attached hydrogen (secondary N) is 1. The minimum atomic E-state index is 0.0741. The zero-order chi connectivity index (χ0) is 16.6. The van der Waals surface area contributed by atoms with Crippen LogP contribution in [-0.2, 0) is 19.1 Å². The maximum atomic E-state index is 4.78. The summed E-state index contributed by atoms with van der Waals surface area (Å²) in [5.41, 5.74) is 1.47. The minimum absolute atomic E-state index is 0.0741. The van der Waals surface area contributed by atoms with Crippen molar-refractivity contribution in [3.63, 3.8) is 0 Å². The van der Waals surface area contributed by atoms with Crippen molar-refractivity contribution >= 4 is 15.9 Å². The van der Waals surface area contributed by atoms with E-state index in [-0.39, 0.29) is 5.54 Å². The summed E-state index contributed by atoms with van der Waals surface area (Å²) in [5, 5.41) is 8.46. The molecule has 1 aromatic carbocycles. The second kappa shape index (κ2) is 6.60. The summed E-state index contributed by atoms with van der Waals surface area (Å²) >= 11 is 3.55. The molecule has 2 aliphatic rings. The average molecular weight is 389 g/mol. The molecule has 1 aromatic heterocycles. The molecule has 24 heavy (non-hydrogen) atoms. The van der Waals surface area contributed by atoms with Crippen LogP contribution in [0.5, 0.6) is 0 Å². The standard InChI is InChI=1S/C19H25BrN4/c1-24-17(22-18(23-24)14-5-6-14)13-21-19(11-3-2-4-12-19)15-7-9-16(20)10-8-15/h7-10,14,21H,2-6,11-13H2,1H3. The Morgan fingerprint density at radius 1 is 1.17 bits per heavy atom. The van der Waals surface area contributed by atoms with Crippen molar-refractivity contribution in [1.82, 2.24) is 20.1 Å². The third-order valence-corrected chi connectivity index (χ3v) is 6.03. The molecule has 0 spiro atoms. The summed E-state index contributed by atoms with van der Waals surface area (Å²) in [6.07, 6.45) is 8.81. The molecule has 2 aliphatic carbocycles. The van der Waals surface area contributed by atoms with Crippen molar-refractivity contribution in [3.8, 4) is 0 Å². The van der Waals surface area contributed by atoms with Gasteiger partial charge in [-0.25, -0.2) is 4.98 Å². The first-order valence-electron chi connectivity index (χ1n) is 9.07. The molecule has 0 atom stereocenters. The minimum Gasteiger partial charge on any atom is -0.300 e. The van der Waals surface area contributed by atoms with E-state index < -0.39 is 0 Å². The maximum Gasteiger partial charge on any atom is 0.154 e. The third kappa shape index (κ3) is 3.29. The molecule has 2 saturated carbocycles. The van der Waals surface area contributed by atoms with Gasteiger partial charge in [-0.3, -0.25) is 4.68 Å². The molecule has 0 radical (unpaired) electrons. The molecule has 5 heteroatoms. The van der Waals surface area contributed by atoms with E-state index in [0.717, 1.165) is 22.7 Å². The zero-order valence-corrected chi connectivity index (χ0v) is 15.8. The zero-order valence-electron chi connectivity index (χ0n) is 14.3. The van der Waals surface area contributed by atoms with Crippen LogP contribution in [0.4, 0.5) is 0 Å². The number of hydrogen-bond acceptors (Lipinski definition) is 3. The van der Waals surface area contributed by atoms with E-state index in [2.05, 4.69) is 50.6 Å². The lowest BCUT2D eigenvalue weighted by molar-refractivity contribution is 0.228. The van der Waals surface area contributed by atoms with E-state index >= 15 is 0 Å². The Morgan fingerprint density at radius 3 is 2.54 bits per heavy atom. The normalized spacial score (nSPS) is 20.2. The van der Waals surface area contributed by atoms with Crippen molar-refractivity contribution in [2.45, 2.75) is 62.9 Å². The smallest absolute Gasteiger partial charge is 0.154 e. The topological polar surface area (TPSA) is 42.7 Å². The number of aryl methyl sites for hydroxylation is 1. The van der Waals surface area contributed by atoms with Gasteiger partial charge in [0.1, 0.15) is 5.82 Å². The van der Waals surface area contributed by atoms with Crippen LogP contribution in [0.15, 0.2) is 28.7 Å². The summed E-state index contributed by atoms with van der Waals surface area (Å²) in [4.78, 5) is 4.78. The van der Waals surface area contributed by atoms with Crippen LogP contribution in [0.1, 0.15) is 68.1 Å². The van der Waals surface area contributed by atoms with Gasteiger partial charge in [-0.1, -0.05) is 47.3 Å². The first-order valence-corrected chi connectivity index (χ1v) is 9.86. The fourth-order valence-electron chi connectivity index (χ4n) is 3.85. The molecule has 0 unspecified atom stereocenters. The number of rotatable bonds is 5. The van der Waals surface area contributed by atoms with Crippen molar-refractivity contribution in [2.24, 2.45) is 7.05 Å². The summed E-state index contributed by atoms with van der Waals surface area (Å²) < 4.78 is 3.10. The Hall–Kier alpha value is -1.20. The second-order valence-corrected chi connectivity index (χ2v) is 8.20. The van der Waals surface area contributed by atoms with Crippen LogP contribution >= 0.6 is 15.9 Å². The Bertz CT molecular complexity index is 697. The van der Waals surface area contributed by atoms with Gasteiger partial charge in [-0.15, -0.1) is 0 Å². The highest BCUT2D eigenvalue weighted by Crippen LogP contribution is 2.39. The van der Waals surface area contributed by atoms with E-state index in [1.54, 1.807) is 0 Å². The molecule has 0 aliphatic heterocycles. The SMILES string of the molecule is Cn1nc(C2CC2)nc1CNC1(c2ccc(Br)cc2)CCCCC1. The quantitative estimate of drug-likeness (QED) is 0.824. The van der Waals surface area contributed by atoms with Gasteiger partial charge in [-0.05, 0) is 43.4 Å². The highest BCUT2D eigenvalue weighted by Gasteiger charge is 2.34. The lowest BCUT2D eigenvalue weighted by atomic mass is 9.76. The van der Waals surface area contributed by atoms with E-state index in [9.17, 15) is 0 Å². The number of nitrogens with zero attached hydrogens (tertiary/aromatic N) is 3. The lowest BCUT2D eigenvalue weighted by Crippen LogP contribution is -2.44. The van der Waals surface area contributed by atoms with Gasteiger partial charge in [0, 0.05) is 23.0 Å². The average Bonchev–Trinajstić information content (AvgIpc) is 3.38. The van der Waals surface area contributed by atoms with Gasteiger partial charge in [0.15, 0.2) is 5.82 Å². The van der Waals surface area contributed by atoms with Crippen LogP contribution in [0.25, 0.3) is 0 Å². The van der Waals surface area contributed by atoms with Crippen LogP contribution in [0.2, 0.25) is 0 Å². The number of halogens is 1. The Morgan fingerprint density at radius 2 is 1.88 bits per heavy atom. The molecule has 0 saturated heterocycles. The number of hydrogen-bond donors (Lipinski definition) is 1. The van der Waals surface area contributed by atoms with Crippen LogP contribution in [-0.4, -0.2) is 14.8 Å². The van der Waals surface area contributed by atoms with E-state index in [4.69, 9.17) is 4.98 Å². The van der Waals surface area contributed by atoms with Gasteiger partial charge in [-0.2, -0.15) is 5.10 Å². The largest absolute Gasteiger partial charge is 0.300 e. The molecule has 0 bridgehead atoms. The summed E-state index contributed by atoms with van der Waals surface area (Å²) in [7, 11) is 2.02. The van der Waals surface area contributed by atoms with Crippen LogP contribution in [0.3, 0.4) is 0 Å². The molecule has 4 nitrogen and oxygen atoms in total. The van der Waals surface area contributed by atoms with Gasteiger partial charge in [0.05, 0.1) is 6.54 Å². The van der Waals surface area contributed by atoms with E-state index in [1.165, 1.54) is 50.5 Å². The van der Waals surface area contributed by atoms with E-state index in [1.807, 2.05) is 11.7 Å². The van der Waals surface area contributed by atoms with Crippen molar-refractivity contribution in [3.05, 3.63) is 46.0 Å². The van der Waals surface area contributed by atoms with Gasteiger partial charge in [0.2, 0.25) is 0 Å². The molecule has 1 heterocycles. The second-order valence-electron chi connectivity index (χ2n) is 7.29. The van der Waals surface area contributed by atoms with Gasteiger partial charge >= 0.3 is 0 Å². The monoisotopic (exact) mass is 388 g/mol. The Labute approximate surface area is 152 Å². The maximum absolute atomic E-state index is 4.78. The molecule has 128 valence electrons. The lowest BCUT2D eigenvalue weighted by Gasteiger charge is -2.39. The fourth-order valence-corrected chi connectivity index (χ4v) is 4.11. The van der Waals surface area contributed by atoms with Gasteiger partial charge in [0.25, 0.3) is 0 Å². The first-order chi connectivity index (χ1) is 11.7.